The second kappa shape index (κ2) is 8.71. The first-order valence-corrected chi connectivity index (χ1v) is 8.54. The van der Waals surface area contributed by atoms with Crippen molar-refractivity contribution in [2.24, 2.45) is 0 Å². The van der Waals surface area contributed by atoms with Crippen molar-refractivity contribution in [3.05, 3.63) is 71.0 Å². The molecule has 6 nitrogen and oxygen atoms in total. The molecule has 0 aliphatic heterocycles. The zero-order chi connectivity index (χ0) is 20.1. The Labute approximate surface area is 164 Å². The number of ether oxygens (including phenoxy) is 2. The molecule has 2 aromatic carbocycles. The van der Waals surface area contributed by atoms with Crippen LogP contribution in [0.3, 0.4) is 0 Å². The molecule has 0 saturated carbocycles. The Hall–Kier alpha value is -3.13. The van der Waals surface area contributed by atoms with Crippen molar-refractivity contribution >= 4 is 17.5 Å². The molecule has 9 heteroatoms. The fourth-order valence-corrected chi connectivity index (χ4v) is 2.69. The number of carbonyl (C=O) groups excluding carboxylic acids is 1. The van der Waals surface area contributed by atoms with Crippen molar-refractivity contribution in [2.75, 3.05) is 7.11 Å². The highest BCUT2D eigenvalue weighted by Crippen LogP contribution is 2.29. The van der Waals surface area contributed by atoms with Gasteiger partial charge in [-0.3, -0.25) is 4.79 Å². The highest BCUT2D eigenvalue weighted by molar-refractivity contribution is 6.30. The Morgan fingerprint density at radius 3 is 2.79 bits per heavy atom. The SMILES string of the molecule is COc1ccc(CNC(=O)c2cnn(-c3cccc(Cl)c3)c2)cc1OC(F)F. The summed E-state index contributed by atoms with van der Waals surface area (Å²) >= 11 is 5.96. The second-order valence-corrected chi connectivity index (χ2v) is 6.14. The Kier molecular flexibility index (Phi) is 6.10. The van der Waals surface area contributed by atoms with E-state index in [1.807, 2.05) is 6.07 Å². The van der Waals surface area contributed by atoms with E-state index in [0.717, 1.165) is 5.69 Å². The van der Waals surface area contributed by atoms with E-state index < -0.39 is 6.61 Å². The van der Waals surface area contributed by atoms with E-state index in [2.05, 4.69) is 15.2 Å². The normalized spacial score (nSPS) is 10.8. The number of rotatable bonds is 7. The van der Waals surface area contributed by atoms with Crippen LogP contribution in [-0.2, 0) is 6.54 Å². The molecule has 0 spiro atoms. The van der Waals surface area contributed by atoms with Gasteiger partial charge in [0.25, 0.3) is 5.91 Å². The van der Waals surface area contributed by atoms with Crippen LogP contribution in [0.4, 0.5) is 8.78 Å². The average Bonchev–Trinajstić information content (AvgIpc) is 3.16. The van der Waals surface area contributed by atoms with Crippen LogP contribution in [0.15, 0.2) is 54.9 Å². The van der Waals surface area contributed by atoms with Gasteiger partial charge in [-0.05, 0) is 35.9 Å². The minimum absolute atomic E-state index is 0.0991. The average molecular weight is 408 g/mol. The number of halogens is 3. The summed E-state index contributed by atoms with van der Waals surface area (Å²) in [6.07, 6.45) is 3.00. The van der Waals surface area contributed by atoms with Crippen molar-refractivity contribution in [2.45, 2.75) is 13.2 Å². The first kappa shape index (κ1) is 19.6. The third-order valence-corrected chi connectivity index (χ3v) is 4.05. The van der Waals surface area contributed by atoms with E-state index >= 15 is 0 Å². The lowest BCUT2D eigenvalue weighted by molar-refractivity contribution is -0.0512. The molecule has 3 rings (SSSR count). The number of aromatic nitrogens is 2. The van der Waals surface area contributed by atoms with E-state index in [4.69, 9.17) is 16.3 Å². The van der Waals surface area contributed by atoms with Gasteiger partial charge in [0.1, 0.15) is 0 Å². The molecule has 0 saturated heterocycles. The van der Waals surface area contributed by atoms with Gasteiger partial charge in [-0.25, -0.2) is 4.68 Å². The molecule has 0 atom stereocenters. The quantitative estimate of drug-likeness (QED) is 0.641. The number of alkyl halides is 2. The second-order valence-electron chi connectivity index (χ2n) is 5.70. The number of amides is 1. The summed E-state index contributed by atoms with van der Waals surface area (Å²) in [6, 6.07) is 11.6. The molecule has 0 unspecified atom stereocenters. The van der Waals surface area contributed by atoms with Gasteiger partial charge in [0, 0.05) is 17.8 Å². The highest BCUT2D eigenvalue weighted by atomic mass is 35.5. The van der Waals surface area contributed by atoms with Crippen LogP contribution in [0, 0.1) is 0 Å². The molecule has 146 valence electrons. The molecule has 1 amide bonds. The Bertz CT molecular complexity index is 979. The smallest absolute Gasteiger partial charge is 0.387 e. The number of hydrogen-bond donors (Lipinski definition) is 1. The standard InChI is InChI=1S/C19H16ClF2N3O3/c1-27-16-6-5-12(7-17(16)28-19(21)22)9-23-18(26)13-10-24-25(11-13)15-4-2-3-14(20)8-15/h2-8,10-11,19H,9H2,1H3,(H,23,26). The fraction of sp³-hybridized carbons (Fsp3) is 0.158. The Morgan fingerprint density at radius 1 is 1.25 bits per heavy atom. The summed E-state index contributed by atoms with van der Waals surface area (Å²) in [4.78, 5) is 12.3. The molecular formula is C19H16ClF2N3O3. The summed E-state index contributed by atoms with van der Waals surface area (Å²) in [7, 11) is 1.35. The molecule has 3 aromatic rings. The minimum atomic E-state index is -2.98. The molecule has 28 heavy (non-hydrogen) atoms. The van der Waals surface area contributed by atoms with Crippen LogP contribution in [0.5, 0.6) is 11.5 Å². The molecule has 0 aliphatic rings. The van der Waals surface area contributed by atoms with Crippen LogP contribution < -0.4 is 14.8 Å². The first-order chi connectivity index (χ1) is 13.5. The van der Waals surface area contributed by atoms with Gasteiger partial charge < -0.3 is 14.8 Å². The van der Waals surface area contributed by atoms with Crippen molar-refractivity contribution in [3.63, 3.8) is 0 Å². The molecule has 0 bridgehead atoms. The molecule has 1 heterocycles. The zero-order valence-electron chi connectivity index (χ0n) is 14.7. The van der Waals surface area contributed by atoms with E-state index in [1.165, 1.54) is 30.1 Å². The van der Waals surface area contributed by atoms with Gasteiger partial charge in [-0.1, -0.05) is 23.7 Å². The maximum Gasteiger partial charge on any atom is 0.387 e. The molecular weight excluding hydrogens is 392 g/mol. The molecule has 0 radical (unpaired) electrons. The summed E-state index contributed by atoms with van der Waals surface area (Å²) in [5, 5.41) is 7.41. The van der Waals surface area contributed by atoms with E-state index in [0.29, 0.717) is 16.1 Å². The van der Waals surface area contributed by atoms with Crippen molar-refractivity contribution in [1.29, 1.82) is 0 Å². The lowest BCUT2D eigenvalue weighted by Gasteiger charge is -2.12. The van der Waals surface area contributed by atoms with E-state index in [-0.39, 0.29) is 24.0 Å². The zero-order valence-corrected chi connectivity index (χ0v) is 15.5. The van der Waals surface area contributed by atoms with Crippen molar-refractivity contribution in [3.8, 4) is 17.2 Å². The number of hydrogen-bond acceptors (Lipinski definition) is 4. The van der Waals surface area contributed by atoms with Gasteiger partial charge in [0.2, 0.25) is 0 Å². The predicted octanol–water partition coefficient (Wildman–Crippen LogP) is 4.07. The third-order valence-electron chi connectivity index (χ3n) is 3.81. The fourth-order valence-electron chi connectivity index (χ4n) is 2.50. The molecule has 0 aliphatic carbocycles. The topological polar surface area (TPSA) is 65.4 Å². The van der Waals surface area contributed by atoms with E-state index in [9.17, 15) is 13.6 Å². The number of methoxy groups -OCH3 is 1. The lowest BCUT2D eigenvalue weighted by atomic mass is 10.2. The molecule has 0 fully saturated rings. The number of nitrogens with one attached hydrogen (secondary N) is 1. The third kappa shape index (κ3) is 4.77. The first-order valence-electron chi connectivity index (χ1n) is 8.17. The van der Waals surface area contributed by atoms with Gasteiger partial charge in [-0.2, -0.15) is 13.9 Å². The summed E-state index contributed by atoms with van der Waals surface area (Å²) in [5.41, 5.74) is 1.64. The van der Waals surface area contributed by atoms with Crippen molar-refractivity contribution < 1.29 is 23.0 Å². The molecule has 1 N–H and O–H groups in total. The van der Waals surface area contributed by atoms with Crippen molar-refractivity contribution in [1.82, 2.24) is 15.1 Å². The van der Waals surface area contributed by atoms with Gasteiger partial charge >= 0.3 is 6.61 Å². The maximum atomic E-state index is 12.5. The predicted molar refractivity (Wildman–Crippen MR) is 99.4 cm³/mol. The van der Waals surface area contributed by atoms with Gasteiger partial charge in [0.05, 0.1) is 24.6 Å². The van der Waals surface area contributed by atoms with Crippen LogP contribution in [0.1, 0.15) is 15.9 Å². The van der Waals surface area contributed by atoms with E-state index in [1.54, 1.807) is 30.5 Å². The molecule has 1 aromatic heterocycles. The minimum Gasteiger partial charge on any atom is -0.493 e. The van der Waals surface area contributed by atoms with Crippen LogP contribution in [0.2, 0.25) is 5.02 Å². The maximum absolute atomic E-state index is 12.5. The van der Waals surface area contributed by atoms with Crippen LogP contribution >= 0.6 is 11.6 Å². The van der Waals surface area contributed by atoms with Gasteiger partial charge in [0.15, 0.2) is 11.5 Å². The van der Waals surface area contributed by atoms with Gasteiger partial charge in [-0.15, -0.1) is 0 Å². The summed E-state index contributed by atoms with van der Waals surface area (Å²) in [6.45, 7) is -2.86. The monoisotopic (exact) mass is 407 g/mol. The lowest BCUT2D eigenvalue weighted by Crippen LogP contribution is -2.22. The highest BCUT2D eigenvalue weighted by Gasteiger charge is 2.13. The Morgan fingerprint density at radius 2 is 2.07 bits per heavy atom. The summed E-state index contributed by atoms with van der Waals surface area (Å²) in [5.74, 6) is -0.281. The largest absolute Gasteiger partial charge is 0.493 e. The van der Waals surface area contributed by atoms with Crippen LogP contribution in [-0.4, -0.2) is 29.4 Å². The Balaban J connectivity index is 1.67. The number of benzene rings is 2. The number of carbonyl (C=O) groups is 1. The van der Waals surface area contributed by atoms with Crippen LogP contribution in [0.25, 0.3) is 5.69 Å². The number of nitrogens with zero attached hydrogens (tertiary/aromatic N) is 2. The summed E-state index contributed by atoms with van der Waals surface area (Å²) < 4.78 is 36.0.